The number of methoxy groups -OCH3 is 1. The van der Waals surface area contributed by atoms with Crippen LogP contribution in [0.5, 0.6) is 0 Å². The maximum atomic E-state index is 11.9. The van der Waals surface area contributed by atoms with E-state index in [1.165, 1.54) is 7.11 Å². The van der Waals surface area contributed by atoms with Gasteiger partial charge in [-0.25, -0.2) is 4.79 Å². The van der Waals surface area contributed by atoms with Crippen molar-refractivity contribution in [2.45, 2.75) is 6.04 Å². The Labute approximate surface area is 106 Å². The van der Waals surface area contributed by atoms with Gasteiger partial charge >= 0.3 is 5.97 Å². The normalized spacial score (nSPS) is 18.6. The first kappa shape index (κ1) is 12.5. The largest absolute Gasteiger partial charge is 0.468 e. The van der Waals surface area contributed by atoms with E-state index in [1.54, 1.807) is 0 Å². The molecule has 0 radical (unpaired) electrons. The fourth-order valence-electron chi connectivity index (χ4n) is 2.08. The first-order valence-electron chi connectivity index (χ1n) is 5.77. The van der Waals surface area contributed by atoms with Gasteiger partial charge in [0.25, 0.3) is 0 Å². The molecule has 1 aliphatic heterocycles. The van der Waals surface area contributed by atoms with Gasteiger partial charge in [-0.1, -0.05) is 30.3 Å². The predicted molar refractivity (Wildman–Crippen MR) is 70.1 cm³/mol. The summed E-state index contributed by atoms with van der Waals surface area (Å²) in [4.78, 5) is 14.1. The third-order valence-corrected chi connectivity index (χ3v) is 3.89. The predicted octanol–water partition coefficient (Wildman–Crippen LogP) is 1.95. The summed E-state index contributed by atoms with van der Waals surface area (Å²) in [5.41, 5.74) is 1.02. The number of benzene rings is 1. The summed E-state index contributed by atoms with van der Waals surface area (Å²) in [6.45, 7) is 1.89. The highest BCUT2D eigenvalue weighted by molar-refractivity contribution is 7.99. The molecular formula is C13H17NO2S. The molecule has 1 aromatic rings. The molecule has 2 rings (SSSR count). The van der Waals surface area contributed by atoms with Crippen LogP contribution in [0, 0.1) is 0 Å². The molecule has 1 aromatic carbocycles. The van der Waals surface area contributed by atoms with Crippen molar-refractivity contribution in [3.05, 3.63) is 35.9 Å². The molecular weight excluding hydrogens is 234 g/mol. The minimum Gasteiger partial charge on any atom is -0.468 e. The number of carbonyl (C=O) groups is 1. The lowest BCUT2D eigenvalue weighted by atomic mass is 10.1. The molecule has 92 valence electrons. The zero-order valence-electron chi connectivity index (χ0n) is 9.96. The van der Waals surface area contributed by atoms with Gasteiger partial charge in [-0.05, 0) is 5.56 Å². The van der Waals surface area contributed by atoms with Crippen LogP contribution in [0.4, 0.5) is 0 Å². The summed E-state index contributed by atoms with van der Waals surface area (Å²) in [6.07, 6.45) is 0. The Morgan fingerprint density at radius 2 is 1.94 bits per heavy atom. The van der Waals surface area contributed by atoms with Crippen molar-refractivity contribution in [2.24, 2.45) is 0 Å². The van der Waals surface area contributed by atoms with Gasteiger partial charge < -0.3 is 4.74 Å². The van der Waals surface area contributed by atoms with E-state index in [9.17, 15) is 4.79 Å². The van der Waals surface area contributed by atoms with Crippen molar-refractivity contribution in [2.75, 3.05) is 31.7 Å². The topological polar surface area (TPSA) is 29.5 Å². The van der Waals surface area contributed by atoms with E-state index in [0.717, 1.165) is 30.2 Å². The van der Waals surface area contributed by atoms with Gasteiger partial charge in [-0.3, -0.25) is 4.90 Å². The Morgan fingerprint density at radius 1 is 1.29 bits per heavy atom. The summed E-state index contributed by atoms with van der Waals surface area (Å²) in [6, 6.07) is 9.62. The Hall–Kier alpha value is -1.00. The van der Waals surface area contributed by atoms with Crippen LogP contribution in [0.2, 0.25) is 0 Å². The molecule has 0 N–H and O–H groups in total. The zero-order valence-corrected chi connectivity index (χ0v) is 10.8. The highest BCUT2D eigenvalue weighted by Crippen LogP contribution is 2.25. The van der Waals surface area contributed by atoms with E-state index in [0.29, 0.717) is 0 Å². The number of thioether (sulfide) groups is 1. The highest BCUT2D eigenvalue weighted by atomic mass is 32.2. The van der Waals surface area contributed by atoms with Crippen molar-refractivity contribution in [1.82, 2.24) is 4.90 Å². The Morgan fingerprint density at radius 3 is 2.53 bits per heavy atom. The average molecular weight is 251 g/mol. The summed E-state index contributed by atoms with van der Waals surface area (Å²) >= 11 is 1.94. The van der Waals surface area contributed by atoms with Crippen molar-refractivity contribution < 1.29 is 9.53 Å². The third-order valence-electron chi connectivity index (χ3n) is 2.95. The lowest BCUT2D eigenvalue weighted by Gasteiger charge is -2.32. The Bertz CT molecular complexity index is 363. The molecule has 0 aliphatic carbocycles. The maximum absolute atomic E-state index is 11.9. The quantitative estimate of drug-likeness (QED) is 0.768. The van der Waals surface area contributed by atoms with Crippen molar-refractivity contribution >= 4 is 17.7 Å². The van der Waals surface area contributed by atoms with Crippen LogP contribution in [0.1, 0.15) is 11.6 Å². The summed E-state index contributed by atoms with van der Waals surface area (Å²) in [7, 11) is 1.46. The van der Waals surface area contributed by atoms with Gasteiger partial charge in [0.05, 0.1) is 7.11 Å². The molecule has 3 nitrogen and oxygen atoms in total. The first-order valence-corrected chi connectivity index (χ1v) is 6.93. The van der Waals surface area contributed by atoms with E-state index in [1.807, 2.05) is 42.1 Å². The smallest absolute Gasteiger partial charge is 0.327 e. The van der Waals surface area contributed by atoms with E-state index >= 15 is 0 Å². The van der Waals surface area contributed by atoms with E-state index in [4.69, 9.17) is 4.74 Å². The summed E-state index contributed by atoms with van der Waals surface area (Å²) in [5.74, 6) is 2.00. The molecule has 1 saturated heterocycles. The minimum atomic E-state index is -0.248. The average Bonchev–Trinajstić information content (AvgIpc) is 2.41. The van der Waals surface area contributed by atoms with Crippen molar-refractivity contribution in [3.63, 3.8) is 0 Å². The van der Waals surface area contributed by atoms with Gasteiger partial charge in [-0.15, -0.1) is 0 Å². The molecule has 4 heteroatoms. The van der Waals surface area contributed by atoms with Crippen LogP contribution in [0.25, 0.3) is 0 Å². The summed E-state index contributed by atoms with van der Waals surface area (Å²) in [5, 5.41) is 0. The second kappa shape index (κ2) is 6.07. The summed E-state index contributed by atoms with van der Waals surface area (Å²) < 4.78 is 4.93. The molecule has 0 aromatic heterocycles. The monoisotopic (exact) mass is 251 g/mol. The molecule has 1 atom stereocenters. The Balaban J connectivity index is 2.21. The van der Waals surface area contributed by atoms with Crippen LogP contribution < -0.4 is 0 Å². The van der Waals surface area contributed by atoms with Crippen LogP contribution in [0.3, 0.4) is 0 Å². The molecule has 17 heavy (non-hydrogen) atoms. The maximum Gasteiger partial charge on any atom is 0.327 e. The molecule has 0 saturated carbocycles. The van der Waals surface area contributed by atoms with Gasteiger partial charge in [-0.2, -0.15) is 11.8 Å². The van der Waals surface area contributed by atoms with E-state index in [-0.39, 0.29) is 12.0 Å². The lowest BCUT2D eigenvalue weighted by Crippen LogP contribution is -2.40. The molecule has 0 bridgehead atoms. The molecule has 0 amide bonds. The number of ether oxygens (including phenoxy) is 1. The van der Waals surface area contributed by atoms with Crippen LogP contribution >= 0.6 is 11.8 Å². The minimum absolute atomic E-state index is 0.164. The SMILES string of the molecule is COC(=O)C(c1ccccc1)N1CCSCC1. The standard InChI is InChI=1S/C13H17NO2S/c1-16-13(15)12(11-5-3-2-4-6-11)14-7-9-17-10-8-14/h2-6,12H,7-10H2,1H3. The van der Waals surface area contributed by atoms with Crippen molar-refractivity contribution in [3.8, 4) is 0 Å². The van der Waals surface area contributed by atoms with Gasteiger partial charge in [0.2, 0.25) is 0 Å². The molecule has 1 unspecified atom stereocenters. The van der Waals surface area contributed by atoms with Crippen LogP contribution in [0.15, 0.2) is 30.3 Å². The van der Waals surface area contributed by atoms with E-state index < -0.39 is 0 Å². The molecule has 1 heterocycles. The number of hydrogen-bond acceptors (Lipinski definition) is 4. The Kier molecular flexibility index (Phi) is 4.45. The zero-order chi connectivity index (χ0) is 12.1. The second-order valence-electron chi connectivity index (χ2n) is 3.98. The molecule has 1 aliphatic rings. The lowest BCUT2D eigenvalue weighted by molar-refractivity contribution is -0.147. The fourth-order valence-corrected chi connectivity index (χ4v) is 3.01. The number of nitrogens with zero attached hydrogens (tertiary/aromatic N) is 1. The number of carbonyl (C=O) groups excluding carboxylic acids is 1. The number of esters is 1. The first-order chi connectivity index (χ1) is 8.33. The van der Waals surface area contributed by atoms with Crippen LogP contribution in [-0.2, 0) is 9.53 Å². The van der Waals surface area contributed by atoms with Gasteiger partial charge in [0.1, 0.15) is 6.04 Å². The van der Waals surface area contributed by atoms with Gasteiger partial charge in [0, 0.05) is 24.6 Å². The van der Waals surface area contributed by atoms with Crippen LogP contribution in [-0.4, -0.2) is 42.6 Å². The second-order valence-corrected chi connectivity index (χ2v) is 5.21. The molecule has 0 spiro atoms. The number of rotatable bonds is 3. The van der Waals surface area contributed by atoms with Gasteiger partial charge in [0.15, 0.2) is 0 Å². The number of hydrogen-bond donors (Lipinski definition) is 0. The van der Waals surface area contributed by atoms with Crippen molar-refractivity contribution in [1.29, 1.82) is 0 Å². The highest BCUT2D eigenvalue weighted by Gasteiger charge is 2.29. The third kappa shape index (κ3) is 3.01. The fraction of sp³-hybridized carbons (Fsp3) is 0.462. The molecule has 1 fully saturated rings. The van der Waals surface area contributed by atoms with E-state index in [2.05, 4.69) is 4.90 Å².